The number of esters is 2. The number of methoxy groups -OCH3 is 2. The molecule has 2 aromatic carbocycles. The molecule has 0 atom stereocenters. The Bertz CT molecular complexity index is 808. The third-order valence-electron chi connectivity index (χ3n) is 3.56. The topological polar surface area (TPSA) is 71.1 Å². The molecule has 0 fully saturated rings. The van der Waals surface area contributed by atoms with Gasteiger partial charge in [-0.2, -0.15) is 0 Å². The van der Waals surface area contributed by atoms with Crippen molar-refractivity contribution >= 4 is 18.0 Å². The fourth-order valence-corrected chi connectivity index (χ4v) is 2.21. The van der Waals surface area contributed by atoms with Crippen molar-refractivity contribution in [2.75, 3.05) is 20.8 Å². The summed E-state index contributed by atoms with van der Waals surface area (Å²) in [4.78, 5) is 23.3. The van der Waals surface area contributed by atoms with Gasteiger partial charge in [-0.15, -0.1) is 0 Å². The number of carbonyl (C=O) groups excluding carboxylic acids is 2. The SMILES string of the molecule is CCCOc1ccc(/C=C/C(=O)Oc2ccc(C(=O)OC)cc2)cc1OC. The van der Waals surface area contributed by atoms with Gasteiger partial charge in [-0.05, 0) is 54.5 Å². The highest BCUT2D eigenvalue weighted by molar-refractivity contribution is 5.90. The molecule has 0 aliphatic heterocycles. The van der Waals surface area contributed by atoms with Gasteiger partial charge in [0.1, 0.15) is 5.75 Å². The van der Waals surface area contributed by atoms with E-state index in [2.05, 4.69) is 4.74 Å². The van der Waals surface area contributed by atoms with Gasteiger partial charge >= 0.3 is 11.9 Å². The Morgan fingerprint density at radius 1 is 1.00 bits per heavy atom. The molecule has 0 heterocycles. The van der Waals surface area contributed by atoms with Gasteiger partial charge in [-0.3, -0.25) is 0 Å². The molecule has 2 rings (SSSR count). The zero-order valence-electron chi connectivity index (χ0n) is 15.6. The van der Waals surface area contributed by atoms with E-state index in [1.165, 1.54) is 37.5 Å². The third-order valence-corrected chi connectivity index (χ3v) is 3.56. The zero-order chi connectivity index (χ0) is 19.6. The summed E-state index contributed by atoms with van der Waals surface area (Å²) in [7, 11) is 2.87. The Hall–Kier alpha value is -3.28. The van der Waals surface area contributed by atoms with Crippen molar-refractivity contribution in [2.24, 2.45) is 0 Å². The molecule has 0 saturated heterocycles. The largest absolute Gasteiger partial charge is 0.493 e. The van der Waals surface area contributed by atoms with Crippen LogP contribution in [0.4, 0.5) is 0 Å². The first-order valence-electron chi connectivity index (χ1n) is 8.46. The predicted molar refractivity (Wildman–Crippen MR) is 101 cm³/mol. The molecular formula is C21H22O6. The van der Waals surface area contributed by atoms with Gasteiger partial charge in [0, 0.05) is 6.08 Å². The maximum atomic E-state index is 12.0. The van der Waals surface area contributed by atoms with Crippen LogP contribution in [0.1, 0.15) is 29.3 Å². The van der Waals surface area contributed by atoms with Crippen LogP contribution in [0.5, 0.6) is 17.2 Å². The summed E-state index contributed by atoms with van der Waals surface area (Å²) in [6.45, 7) is 2.63. The molecule has 0 aliphatic carbocycles. The highest BCUT2D eigenvalue weighted by atomic mass is 16.5. The molecular weight excluding hydrogens is 348 g/mol. The Labute approximate surface area is 158 Å². The van der Waals surface area contributed by atoms with Crippen LogP contribution < -0.4 is 14.2 Å². The highest BCUT2D eigenvalue weighted by Crippen LogP contribution is 2.28. The van der Waals surface area contributed by atoms with E-state index >= 15 is 0 Å². The number of hydrogen-bond acceptors (Lipinski definition) is 6. The number of carbonyl (C=O) groups is 2. The summed E-state index contributed by atoms with van der Waals surface area (Å²) in [5, 5.41) is 0. The first kappa shape index (κ1) is 20.0. The predicted octanol–water partition coefficient (Wildman–Crippen LogP) is 3.89. The van der Waals surface area contributed by atoms with Crippen LogP contribution in [0.2, 0.25) is 0 Å². The third kappa shape index (κ3) is 5.88. The highest BCUT2D eigenvalue weighted by Gasteiger charge is 2.07. The van der Waals surface area contributed by atoms with Gasteiger partial charge in [0.2, 0.25) is 0 Å². The van der Waals surface area contributed by atoms with E-state index in [-0.39, 0.29) is 0 Å². The lowest BCUT2D eigenvalue weighted by Gasteiger charge is -2.10. The molecule has 0 aromatic heterocycles. The lowest BCUT2D eigenvalue weighted by molar-refractivity contribution is -0.128. The molecule has 0 amide bonds. The molecule has 0 aliphatic rings. The first-order valence-corrected chi connectivity index (χ1v) is 8.46. The average molecular weight is 370 g/mol. The standard InChI is InChI=1S/C21H22O6/c1-4-13-26-18-11-5-15(14-19(18)24-2)6-12-20(22)27-17-9-7-16(8-10-17)21(23)25-3/h5-12,14H,4,13H2,1-3H3/b12-6+. The van der Waals surface area contributed by atoms with Crippen LogP contribution in [0.3, 0.4) is 0 Å². The Morgan fingerprint density at radius 2 is 1.74 bits per heavy atom. The van der Waals surface area contributed by atoms with E-state index in [0.29, 0.717) is 29.4 Å². The normalized spacial score (nSPS) is 10.5. The Kier molecular flexibility index (Phi) is 7.43. The average Bonchev–Trinajstić information content (AvgIpc) is 2.70. The molecule has 2 aromatic rings. The van der Waals surface area contributed by atoms with E-state index < -0.39 is 11.9 Å². The minimum Gasteiger partial charge on any atom is -0.493 e. The van der Waals surface area contributed by atoms with Crippen molar-refractivity contribution in [3.05, 3.63) is 59.7 Å². The summed E-state index contributed by atoms with van der Waals surface area (Å²) >= 11 is 0. The molecule has 0 spiro atoms. The van der Waals surface area contributed by atoms with Crippen molar-refractivity contribution in [3.8, 4) is 17.2 Å². The van der Waals surface area contributed by atoms with E-state index in [0.717, 1.165) is 12.0 Å². The van der Waals surface area contributed by atoms with Crippen LogP contribution >= 0.6 is 0 Å². The lowest BCUT2D eigenvalue weighted by Crippen LogP contribution is -2.05. The fraction of sp³-hybridized carbons (Fsp3) is 0.238. The van der Waals surface area contributed by atoms with Crippen LogP contribution in [0.15, 0.2) is 48.5 Å². The Morgan fingerprint density at radius 3 is 2.37 bits per heavy atom. The minimum atomic E-state index is -0.536. The summed E-state index contributed by atoms with van der Waals surface area (Å²) in [6, 6.07) is 11.5. The second-order valence-corrected chi connectivity index (χ2v) is 5.53. The van der Waals surface area contributed by atoms with E-state index in [9.17, 15) is 9.59 Å². The number of hydrogen-bond donors (Lipinski definition) is 0. The summed E-state index contributed by atoms with van der Waals surface area (Å²) < 4.78 is 20.7. The quantitative estimate of drug-likeness (QED) is 0.399. The molecule has 0 unspecified atom stereocenters. The summed E-state index contributed by atoms with van der Waals surface area (Å²) in [5.74, 6) is 0.597. The van der Waals surface area contributed by atoms with Crippen LogP contribution in [-0.4, -0.2) is 32.8 Å². The summed E-state index contributed by atoms with van der Waals surface area (Å²) in [5.41, 5.74) is 1.15. The molecule has 142 valence electrons. The maximum absolute atomic E-state index is 12.0. The molecule has 0 radical (unpaired) electrons. The summed E-state index contributed by atoms with van der Waals surface area (Å²) in [6.07, 6.45) is 3.84. The van der Waals surface area contributed by atoms with Crippen molar-refractivity contribution < 1.29 is 28.5 Å². The minimum absolute atomic E-state index is 0.332. The van der Waals surface area contributed by atoms with Gasteiger partial charge in [-0.1, -0.05) is 13.0 Å². The van der Waals surface area contributed by atoms with Gasteiger partial charge in [0.15, 0.2) is 11.5 Å². The number of ether oxygens (including phenoxy) is 4. The van der Waals surface area contributed by atoms with Crippen LogP contribution in [0.25, 0.3) is 6.08 Å². The Balaban J connectivity index is 2.00. The van der Waals surface area contributed by atoms with E-state index in [4.69, 9.17) is 14.2 Å². The molecule has 27 heavy (non-hydrogen) atoms. The van der Waals surface area contributed by atoms with Crippen molar-refractivity contribution in [1.29, 1.82) is 0 Å². The van der Waals surface area contributed by atoms with Gasteiger partial charge in [-0.25, -0.2) is 9.59 Å². The number of benzene rings is 2. The number of rotatable bonds is 8. The van der Waals surface area contributed by atoms with Crippen molar-refractivity contribution in [3.63, 3.8) is 0 Å². The van der Waals surface area contributed by atoms with Gasteiger partial charge in [0.05, 0.1) is 26.4 Å². The molecule has 6 heteroatoms. The molecule has 6 nitrogen and oxygen atoms in total. The van der Waals surface area contributed by atoms with Gasteiger partial charge < -0.3 is 18.9 Å². The first-order chi connectivity index (χ1) is 13.1. The van der Waals surface area contributed by atoms with Crippen molar-refractivity contribution in [1.82, 2.24) is 0 Å². The van der Waals surface area contributed by atoms with E-state index in [1.807, 2.05) is 13.0 Å². The molecule has 0 N–H and O–H groups in total. The van der Waals surface area contributed by atoms with Crippen LogP contribution in [-0.2, 0) is 9.53 Å². The monoisotopic (exact) mass is 370 g/mol. The lowest BCUT2D eigenvalue weighted by atomic mass is 10.2. The van der Waals surface area contributed by atoms with Gasteiger partial charge in [0.25, 0.3) is 0 Å². The molecule has 0 saturated carbocycles. The smallest absolute Gasteiger partial charge is 0.337 e. The second kappa shape index (κ2) is 10.0. The maximum Gasteiger partial charge on any atom is 0.337 e. The fourth-order valence-electron chi connectivity index (χ4n) is 2.21. The van der Waals surface area contributed by atoms with Crippen LogP contribution in [0, 0.1) is 0 Å². The van der Waals surface area contributed by atoms with Crippen molar-refractivity contribution in [2.45, 2.75) is 13.3 Å². The van der Waals surface area contributed by atoms with E-state index in [1.54, 1.807) is 25.3 Å². The molecule has 0 bridgehead atoms. The second-order valence-electron chi connectivity index (χ2n) is 5.53. The zero-order valence-corrected chi connectivity index (χ0v) is 15.6.